The van der Waals surface area contributed by atoms with Crippen LogP contribution in [0.25, 0.3) is 10.2 Å². The Balaban J connectivity index is 1.46. The molecule has 1 aromatic carbocycles. The monoisotopic (exact) mass is 387 g/mol. The third-order valence-corrected chi connectivity index (χ3v) is 6.44. The SMILES string of the molecule is CCCN1C(=O)C(=O)N(C[NH+]2CCC[C@@H](c3nc4ccccc4s3)C2)C1=O. The molecule has 2 aliphatic heterocycles. The van der Waals surface area contributed by atoms with Crippen molar-refractivity contribution in [3.63, 3.8) is 0 Å². The largest absolute Gasteiger partial charge is 0.338 e. The van der Waals surface area contributed by atoms with E-state index in [-0.39, 0.29) is 6.67 Å². The predicted octanol–water partition coefficient (Wildman–Crippen LogP) is 1.22. The number of hydrogen-bond acceptors (Lipinski definition) is 5. The fourth-order valence-electron chi connectivity index (χ4n) is 3.90. The van der Waals surface area contributed by atoms with Crippen LogP contribution in [0.2, 0.25) is 0 Å². The second-order valence-corrected chi connectivity index (χ2v) is 8.26. The van der Waals surface area contributed by atoms with Crippen molar-refractivity contribution < 1.29 is 19.3 Å². The number of imide groups is 2. The number of rotatable bonds is 5. The van der Waals surface area contributed by atoms with E-state index in [4.69, 9.17) is 4.98 Å². The molecular formula is C19H23N4O3S+. The van der Waals surface area contributed by atoms with Crippen LogP contribution in [-0.2, 0) is 9.59 Å². The molecule has 2 fully saturated rings. The highest BCUT2D eigenvalue weighted by Crippen LogP contribution is 2.30. The number of urea groups is 1. The highest BCUT2D eigenvalue weighted by atomic mass is 32.1. The van der Waals surface area contributed by atoms with Gasteiger partial charge in [0.05, 0.1) is 29.2 Å². The second-order valence-electron chi connectivity index (χ2n) is 7.19. The van der Waals surface area contributed by atoms with Crippen molar-refractivity contribution >= 4 is 39.4 Å². The number of amides is 4. The maximum atomic E-state index is 12.4. The van der Waals surface area contributed by atoms with Crippen molar-refractivity contribution in [1.82, 2.24) is 14.8 Å². The molecule has 27 heavy (non-hydrogen) atoms. The number of aromatic nitrogens is 1. The van der Waals surface area contributed by atoms with E-state index in [1.165, 1.54) is 4.70 Å². The Morgan fingerprint density at radius 2 is 1.96 bits per heavy atom. The molecular weight excluding hydrogens is 364 g/mol. The summed E-state index contributed by atoms with van der Waals surface area (Å²) in [5.41, 5.74) is 1.02. The Labute approximate surface area is 161 Å². The highest BCUT2D eigenvalue weighted by Gasteiger charge is 2.46. The molecule has 8 heteroatoms. The van der Waals surface area contributed by atoms with Gasteiger partial charge in [0.1, 0.15) is 5.01 Å². The van der Waals surface area contributed by atoms with Crippen LogP contribution in [0.5, 0.6) is 0 Å². The van der Waals surface area contributed by atoms with Crippen LogP contribution in [0.3, 0.4) is 0 Å². The van der Waals surface area contributed by atoms with Gasteiger partial charge in [-0.2, -0.15) is 0 Å². The summed E-state index contributed by atoms with van der Waals surface area (Å²) in [6, 6.07) is 7.65. The van der Waals surface area contributed by atoms with Gasteiger partial charge in [-0.25, -0.2) is 14.7 Å². The van der Waals surface area contributed by atoms with E-state index in [0.29, 0.717) is 18.9 Å². The number of para-hydroxylation sites is 1. The van der Waals surface area contributed by atoms with Gasteiger partial charge in [-0.15, -0.1) is 11.3 Å². The van der Waals surface area contributed by atoms with E-state index in [9.17, 15) is 14.4 Å². The lowest BCUT2D eigenvalue weighted by molar-refractivity contribution is -0.913. The number of quaternary nitrogens is 1. The number of nitrogens with zero attached hydrogens (tertiary/aromatic N) is 3. The molecule has 0 spiro atoms. The Kier molecular flexibility index (Phi) is 4.92. The summed E-state index contributed by atoms with van der Waals surface area (Å²) in [4.78, 5) is 44.8. The zero-order chi connectivity index (χ0) is 19.0. The lowest BCUT2D eigenvalue weighted by Gasteiger charge is -2.30. The molecule has 4 amide bonds. The van der Waals surface area contributed by atoms with Gasteiger partial charge in [0, 0.05) is 6.54 Å². The topological polar surface area (TPSA) is 75.0 Å². The number of carbonyl (C=O) groups is 3. The number of hydrogen-bond donors (Lipinski definition) is 1. The van der Waals surface area contributed by atoms with Gasteiger partial charge in [-0.05, 0) is 31.4 Å². The molecule has 1 N–H and O–H groups in total. The van der Waals surface area contributed by atoms with Crippen LogP contribution in [0, 0.1) is 0 Å². The standard InChI is InChI=1S/C19H22N4O3S/c1-2-9-22-17(24)18(25)23(19(22)26)12-21-10-5-6-13(11-21)16-20-14-7-3-4-8-15(14)27-16/h3-4,7-8,13H,2,5-6,9-12H2,1H3/p+1/t13-/m1/s1. The van der Waals surface area contributed by atoms with E-state index >= 15 is 0 Å². The number of thiazole rings is 1. The highest BCUT2D eigenvalue weighted by molar-refractivity contribution is 7.18. The lowest BCUT2D eigenvalue weighted by Crippen LogP contribution is -3.15. The summed E-state index contributed by atoms with van der Waals surface area (Å²) in [6.07, 6.45) is 2.72. The van der Waals surface area contributed by atoms with Gasteiger partial charge in [0.15, 0.2) is 6.67 Å². The van der Waals surface area contributed by atoms with Gasteiger partial charge >= 0.3 is 17.8 Å². The van der Waals surface area contributed by atoms with Crippen LogP contribution >= 0.6 is 11.3 Å². The van der Waals surface area contributed by atoms with Crippen molar-refractivity contribution in [2.45, 2.75) is 32.1 Å². The molecule has 0 saturated carbocycles. The summed E-state index contributed by atoms with van der Waals surface area (Å²) < 4.78 is 1.19. The summed E-state index contributed by atoms with van der Waals surface area (Å²) in [5, 5.41) is 1.12. The molecule has 2 aliphatic rings. The fourth-order valence-corrected chi connectivity index (χ4v) is 5.01. The number of benzene rings is 1. The van der Waals surface area contributed by atoms with Crippen LogP contribution in [0.1, 0.15) is 37.1 Å². The third-order valence-electron chi connectivity index (χ3n) is 5.24. The number of fused-ring (bicyclic) bond motifs is 1. The average molecular weight is 387 g/mol. The van der Waals surface area contributed by atoms with Crippen LogP contribution in [0.4, 0.5) is 4.79 Å². The number of carbonyl (C=O) groups excluding carboxylic acids is 3. The molecule has 4 rings (SSSR count). The number of piperidine rings is 1. The second kappa shape index (κ2) is 7.36. The van der Waals surface area contributed by atoms with Gasteiger partial charge in [0.25, 0.3) is 0 Å². The lowest BCUT2D eigenvalue weighted by atomic mass is 9.99. The summed E-state index contributed by atoms with van der Waals surface area (Å²) in [7, 11) is 0. The van der Waals surface area contributed by atoms with E-state index < -0.39 is 17.8 Å². The van der Waals surface area contributed by atoms with E-state index in [2.05, 4.69) is 6.07 Å². The van der Waals surface area contributed by atoms with Gasteiger partial charge in [0.2, 0.25) is 0 Å². The zero-order valence-electron chi connectivity index (χ0n) is 15.3. The minimum atomic E-state index is -0.694. The molecule has 1 unspecified atom stereocenters. The Morgan fingerprint density at radius 3 is 2.74 bits per heavy atom. The molecule has 2 saturated heterocycles. The molecule has 0 radical (unpaired) electrons. The molecule has 2 aromatic rings. The number of likely N-dealkylation sites (tertiary alicyclic amines) is 1. The predicted molar refractivity (Wildman–Crippen MR) is 101 cm³/mol. The molecule has 7 nitrogen and oxygen atoms in total. The minimum Gasteiger partial charge on any atom is -0.317 e. The molecule has 1 aromatic heterocycles. The summed E-state index contributed by atoms with van der Waals surface area (Å²) in [6.45, 7) is 4.14. The molecule has 142 valence electrons. The molecule has 2 atom stereocenters. The zero-order valence-corrected chi connectivity index (χ0v) is 16.1. The average Bonchev–Trinajstić information content (AvgIpc) is 3.20. The number of nitrogens with one attached hydrogen (secondary N) is 1. The fraction of sp³-hybridized carbons (Fsp3) is 0.474. The molecule has 0 aliphatic carbocycles. The first-order chi connectivity index (χ1) is 13.1. The van der Waals surface area contributed by atoms with E-state index in [1.54, 1.807) is 11.3 Å². The third kappa shape index (κ3) is 3.35. The van der Waals surface area contributed by atoms with Crippen molar-refractivity contribution in [2.75, 3.05) is 26.3 Å². The van der Waals surface area contributed by atoms with Crippen molar-refractivity contribution in [3.05, 3.63) is 29.3 Å². The first-order valence-corrected chi connectivity index (χ1v) is 10.3. The quantitative estimate of drug-likeness (QED) is 0.618. The smallest absolute Gasteiger partial charge is 0.317 e. The molecule has 0 bridgehead atoms. The van der Waals surface area contributed by atoms with Crippen molar-refractivity contribution in [1.29, 1.82) is 0 Å². The van der Waals surface area contributed by atoms with E-state index in [0.717, 1.165) is 51.2 Å². The van der Waals surface area contributed by atoms with Gasteiger partial charge in [-0.3, -0.25) is 14.5 Å². The summed E-state index contributed by atoms with van der Waals surface area (Å²) in [5.74, 6) is -1.06. The van der Waals surface area contributed by atoms with E-state index in [1.807, 2.05) is 25.1 Å². The van der Waals surface area contributed by atoms with Gasteiger partial charge < -0.3 is 4.90 Å². The maximum Gasteiger partial charge on any atom is 0.338 e. The summed E-state index contributed by atoms with van der Waals surface area (Å²) >= 11 is 1.72. The van der Waals surface area contributed by atoms with Crippen LogP contribution in [0.15, 0.2) is 24.3 Å². The first kappa shape index (κ1) is 18.1. The Morgan fingerprint density at radius 1 is 1.19 bits per heavy atom. The Bertz CT molecular complexity index is 863. The maximum absolute atomic E-state index is 12.4. The van der Waals surface area contributed by atoms with Gasteiger partial charge in [-0.1, -0.05) is 19.1 Å². The van der Waals surface area contributed by atoms with Crippen molar-refractivity contribution in [2.24, 2.45) is 0 Å². The normalized spacial score (nSPS) is 23.7. The van der Waals surface area contributed by atoms with Crippen LogP contribution in [-0.4, -0.2) is 58.9 Å². The van der Waals surface area contributed by atoms with Crippen molar-refractivity contribution in [3.8, 4) is 0 Å². The first-order valence-electron chi connectivity index (χ1n) is 9.45. The minimum absolute atomic E-state index is 0.255. The molecule has 3 heterocycles. The van der Waals surface area contributed by atoms with Crippen LogP contribution < -0.4 is 4.90 Å². The Hall–Kier alpha value is -2.32.